The van der Waals surface area contributed by atoms with Crippen LogP contribution in [-0.4, -0.2) is 32.4 Å². The van der Waals surface area contributed by atoms with E-state index >= 15 is 4.39 Å². The molecular formula is C30H37FN2O3S. The van der Waals surface area contributed by atoms with Gasteiger partial charge in [-0.25, -0.2) is 12.8 Å². The Hall–Kier alpha value is -2.74. The molecule has 1 saturated carbocycles. The maximum absolute atomic E-state index is 15.0. The summed E-state index contributed by atoms with van der Waals surface area (Å²) in [5, 5.41) is 3.44. The van der Waals surface area contributed by atoms with E-state index in [4.69, 9.17) is 4.74 Å². The monoisotopic (exact) mass is 524 g/mol. The van der Waals surface area contributed by atoms with Gasteiger partial charge in [0.05, 0.1) is 12.0 Å². The molecule has 1 N–H and O–H groups in total. The van der Waals surface area contributed by atoms with Gasteiger partial charge in [0, 0.05) is 24.7 Å². The van der Waals surface area contributed by atoms with E-state index in [1.54, 1.807) is 43.5 Å². The summed E-state index contributed by atoms with van der Waals surface area (Å²) >= 11 is 0. The van der Waals surface area contributed by atoms with Crippen molar-refractivity contribution < 1.29 is 17.5 Å². The lowest BCUT2D eigenvalue weighted by molar-refractivity contribution is 0.312. The van der Waals surface area contributed by atoms with Gasteiger partial charge in [0.25, 0.3) is 0 Å². The van der Waals surface area contributed by atoms with Crippen LogP contribution in [0.5, 0.6) is 5.75 Å². The summed E-state index contributed by atoms with van der Waals surface area (Å²) < 4.78 is 49.1. The number of hydrogen-bond donors (Lipinski definition) is 1. The van der Waals surface area contributed by atoms with Gasteiger partial charge < -0.3 is 10.1 Å². The van der Waals surface area contributed by atoms with Crippen molar-refractivity contribution in [1.82, 2.24) is 9.62 Å². The Balaban J connectivity index is 1.58. The number of methoxy groups -OCH3 is 1. The SMILES string of the molecule is CCCCNCc1ccc(-c2ccc(F)c(CN(C3CCCC3)S(=O)(=O)c3ccc(OC)cc3)c2)cc1. The summed E-state index contributed by atoms with van der Waals surface area (Å²) in [5.74, 6) is 0.196. The molecule has 0 spiro atoms. The normalized spacial score (nSPS) is 14.4. The average Bonchev–Trinajstić information content (AvgIpc) is 3.45. The van der Waals surface area contributed by atoms with Crippen molar-refractivity contribution in [2.24, 2.45) is 0 Å². The van der Waals surface area contributed by atoms with Crippen molar-refractivity contribution in [2.45, 2.75) is 69.5 Å². The first-order chi connectivity index (χ1) is 17.9. The van der Waals surface area contributed by atoms with Gasteiger partial charge in [-0.3, -0.25) is 0 Å². The molecule has 0 heterocycles. The number of nitrogens with zero attached hydrogens (tertiary/aromatic N) is 1. The minimum atomic E-state index is -3.82. The fraction of sp³-hybridized carbons (Fsp3) is 0.400. The molecule has 3 aromatic rings. The van der Waals surface area contributed by atoms with Gasteiger partial charge in [-0.15, -0.1) is 0 Å². The molecule has 198 valence electrons. The highest BCUT2D eigenvalue weighted by Crippen LogP contribution is 2.32. The molecular weight excluding hydrogens is 487 g/mol. The van der Waals surface area contributed by atoms with Gasteiger partial charge in [0.1, 0.15) is 11.6 Å². The molecule has 0 aromatic heterocycles. The molecule has 1 aliphatic rings. The largest absolute Gasteiger partial charge is 0.497 e. The van der Waals surface area contributed by atoms with Crippen LogP contribution in [0.4, 0.5) is 4.39 Å². The fourth-order valence-electron chi connectivity index (χ4n) is 4.88. The topological polar surface area (TPSA) is 58.6 Å². The highest BCUT2D eigenvalue weighted by atomic mass is 32.2. The third-order valence-corrected chi connectivity index (χ3v) is 9.01. The number of benzene rings is 3. The molecule has 0 amide bonds. The van der Waals surface area contributed by atoms with Crippen molar-refractivity contribution in [3.05, 3.63) is 83.7 Å². The molecule has 0 saturated heterocycles. The predicted molar refractivity (Wildman–Crippen MR) is 146 cm³/mol. The van der Waals surface area contributed by atoms with E-state index in [1.807, 2.05) is 12.1 Å². The summed E-state index contributed by atoms with van der Waals surface area (Å²) in [5.41, 5.74) is 3.42. The zero-order valence-electron chi connectivity index (χ0n) is 21.8. The second-order valence-electron chi connectivity index (χ2n) is 9.70. The van der Waals surface area contributed by atoms with Gasteiger partial charge in [0.15, 0.2) is 0 Å². The molecule has 0 aliphatic heterocycles. The Bertz CT molecular complexity index is 1250. The summed E-state index contributed by atoms with van der Waals surface area (Å²) in [4.78, 5) is 0.194. The van der Waals surface area contributed by atoms with Crippen LogP contribution < -0.4 is 10.1 Å². The van der Waals surface area contributed by atoms with Gasteiger partial charge in [-0.1, -0.05) is 56.5 Å². The molecule has 4 rings (SSSR count). The lowest BCUT2D eigenvalue weighted by atomic mass is 10.0. The summed E-state index contributed by atoms with van der Waals surface area (Å²) in [6, 6.07) is 19.5. The van der Waals surface area contributed by atoms with Crippen molar-refractivity contribution in [3.8, 4) is 16.9 Å². The first-order valence-electron chi connectivity index (χ1n) is 13.2. The van der Waals surface area contributed by atoms with Crippen LogP contribution in [0, 0.1) is 5.82 Å². The quantitative estimate of drug-likeness (QED) is 0.274. The minimum Gasteiger partial charge on any atom is -0.497 e. The number of sulfonamides is 1. The fourth-order valence-corrected chi connectivity index (χ4v) is 6.54. The van der Waals surface area contributed by atoms with Crippen molar-refractivity contribution >= 4 is 10.0 Å². The second-order valence-corrected chi connectivity index (χ2v) is 11.6. The number of nitrogens with one attached hydrogen (secondary N) is 1. The lowest BCUT2D eigenvalue weighted by Gasteiger charge is -2.28. The van der Waals surface area contributed by atoms with Gasteiger partial charge in [-0.2, -0.15) is 4.31 Å². The van der Waals surface area contributed by atoms with E-state index in [0.29, 0.717) is 11.3 Å². The first kappa shape index (κ1) is 27.3. The van der Waals surface area contributed by atoms with Crippen molar-refractivity contribution in [1.29, 1.82) is 0 Å². The van der Waals surface area contributed by atoms with Crippen LogP contribution in [0.25, 0.3) is 11.1 Å². The first-order valence-corrected chi connectivity index (χ1v) is 14.6. The molecule has 7 heteroatoms. The summed E-state index contributed by atoms with van der Waals surface area (Å²) in [6.45, 7) is 3.98. The standard InChI is InChI=1S/C30H37FN2O3S/c1-3-4-19-32-21-23-9-11-24(12-10-23)25-13-18-30(31)26(20-25)22-33(27-7-5-6-8-27)37(34,35)29-16-14-28(36-2)15-17-29/h9-18,20,27,32H,3-8,19,21-22H2,1-2H3. The van der Waals surface area contributed by atoms with Crippen LogP contribution in [0.2, 0.25) is 0 Å². The molecule has 0 atom stereocenters. The molecule has 5 nitrogen and oxygen atoms in total. The number of halogens is 1. The smallest absolute Gasteiger partial charge is 0.243 e. The third kappa shape index (κ3) is 6.78. The maximum atomic E-state index is 15.0. The Morgan fingerprint density at radius 1 is 0.973 bits per heavy atom. The van der Waals surface area contributed by atoms with Gasteiger partial charge in [-0.05, 0) is 78.9 Å². The van der Waals surface area contributed by atoms with Crippen LogP contribution in [0.1, 0.15) is 56.6 Å². The minimum absolute atomic E-state index is 0.00185. The summed E-state index contributed by atoms with van der Waals surface area (Å²) in [7, 11) is -2.27. The van der Waals surface area contributed by atoms with Gasteiger partial charge >= 0.3 is 0 Å². The van der Waals surface area contributed by atoms with E-state index in [-0.39, 0.29) is 17.5 Å². The zero-order chi connectivity index (χ0) is 26.3. The highest BCUT2D eigenvalue weighted by molar-refractivity contribution is 7.89. The predicted octanol–water partition coefficient (Wildman–Crippen LogP) is 6.52. The second kappa shape index (κ2) is 12.7. The van der Waals surface area contributed by atoms with E-state index < -0.39 is 15.8 Å². The molecule has 1 aliphatic carbocycles. The highest BCUT2D eigenvalue weighted by Gasteiger charge is 2.34. The van der Waals surface area contributed by atoms with E-state index in [2.05, 4.69) is 24.4 Å². The maximum Gasteiger partial charge on any atom is 0.243 e. The van der Waals surface area contributed by atoms with Gasteiger partial charge in [0.2, 0.25) is 10.0 Å². The van der Waals surface area contributed by atoms with Crippen molar-refractivity contribution in [3.63, 3.8) is 0 Å². The van der Waals surface area contributed by atoms with Crippen LogP contribution >= 0.6 is 0 Å². The third-order valence-electron chi connectivity index (χ3n) is 7.09. The van der Waals surface area contributed by atoms with E-state index in [9.17, 15) is 8.42 Å². The average molecular weight is 525 g/mol. The van der Waals surface area contributed by atoms with E-state index in [1.165, 1.54) is 22.4 Å². The van der Waals surface area contributed by atoms with Crippen LogP contribution in [0.15, 0.2) is 71.6 Å². The molecule has 1 fully saturated rings. The van der Waals surface area contributed by atoms with E-state index in [0.717, 1.165) is 56.3 Å². The number of unbranched alkanes of at least 4 members (excludes halogenated alkanes) is 1. The molecule has 37 heavy (non-hydrogen) atoms. The van der Waals surface area contributed by atoms with Crippen LogP contribution in [-0.2, 0) is 23.1 Å². The molecule has 0 unspecified atom stereocenters. The Kier molecular flexibility index (Phi) is 9.35. The summed E-state index contributed by atoms with van der Waals surface area (Å²) in [6.07, 6.45) is 5.83. The molecule has 0 radical (unpaired) electrons. The Morgan fingerprint density at radius 3 is 2.30 bits per heavy atom. The Morgan fingerprint density at radius 2 is 1.65 bits per heavy atom. The molecule has 3 aromatic carbocycles. The number of hydrogen-bond acceptors (Lipinski definition) is 4. The Labute approximate surface area is 220 Å². The van der Waals surface area contributed by atoms with Crippen LogP contribution in [0.3, 0.4) is 0 Å². The zero-order valence-corrected chi connectivity index (χ0v) is 22.6. The lowest BCUT2D eigenvalue weighted by Crippen LogP contribution is -2.38. The van der Waals surface area contributed by atoms with Crippen molar-refractivity contribution in [2.75, 3.05) is 13.7 Å². The number of rotatable bonds is 12. The number of ether oxygens (including phenoxy) is 1. The molecule has 0 bridgehead atoms.